The van der Waals surface area contributed by atoms with Crippen molar-refractivity contribution in [2.24, 2.45) is 0 Å². The van der Waals surface area contributed by atoms with E-state index in [1.165, 1.54) is 12.0 Å². The summed E-state index contributed by atoms with van der Waals surface area (Å²) in [4.78, 5) is 23.4. The first-order valence-electron chi connectivity index (χ1n) is 4.17. The van der Waals surface area contributed by atoms with Gasteiger partial charge in [-0.05, 0) is 6.92 Å². The number of likely N-dealkylation sites (tertiary alicyclic amines) is 1. The molecule has 0 aromatic carbocycles. The van der Waals surface area contributed by atoms with Crippen molar-refractivity contribution in [2.75, 3.05) is 20.3 Å². The number of carbonyl (C=O) groups excluding carboxylic acids is 2. The summed E-state index contributed by atoms with van der Waals surface area (Å²) in [5.41, 5.74) is 0. The van der Waals surface area contributed by atoms with Crippen LogP contribution in [0.3, 0.4) is 0 Å². The van der Waals surface area contributed by atoms with Gasteiger partial charge in [0.1, 0.15) is 6.61 Å². The second-order valence-corrected chi connectivity index (χ2v) is 2.76. The standard InChI is InChI=1S/C8H13NO4/c1-3-9-6(10)4-7(9)13-8(11)5-12-2/h7H,3-5H2,1-2H3. The fourth-order valence-electron chi connectivity index (χ4n) is 1.21. The summed E-state index contributed by atoms with van der Waals surface area (Å²) in [6.07, 6.45) is -0.0799. The van der Waals surface area contributed by atoms with Crippen molar-refractivity contribution in [1.82, 2.24) is 4.90 Å². The third-order valence-electron chi connectivity index (χ3n) is 1.89. The minimum Gasteiger partial charge on any atom is -0.439 e. The predicted molar refractivity (Wildman–Crippen MR) is 43.8 cm³/mol. The van der Waals surface area contributed by atoms with Crippen molar-refractivity contribution in [3.8, 4) is 0 Å². The molecule has 0 aromatic rings. The molecule has 1 amide bonds. The topological polar surface area (TPSA) is 55.8 Å². The molecule has 1 aliphatic rings. The third-order valence-corrected chi connectivity index (χ3v) is 1.89. The quantitative estimate of drug-likeness (QED) is 0.450. The maximum absolute atomic E-state index is 10.9. The Morgan fingerprint density at radius 1 is 1.69 bits per heavy atom. The molecule has 74 valence electrons. The fraction of sp³-hybridized carbons (Fsp3) is 0.750. The minimum atomic E-state index is -0.432. The molecule has 5 nitrogen and oxygen atoms in total. The Hall–Kier alpha value is -1.10. The lowest BCUT2D eigenvalue weighted by Crippen LogP contribution is -2.54. The molecule has 0 aromatic heterocycles. The van der Waals surface area contributed by atoms with E-state index in [4.69, 9.17) is 4.74 Å². The third kappa shape index (κ3) is 2.18. The molecule has 1 heterocycles. The summed E-state index contributed by atoms with van der Waals surface area (Å²) in [6.45, 7) is 2.35. The highest BCUT2D eigenvalue weighted by atomic mass is 16.6. The highest BCUT2D eigenvalue weighted by molar-refractivity contribution is 5.83. The Morgan fingerprint density at radius 3 is 2.85 bits per heavy atom. The summed E-state index contributed by atoms with van der Waals surface area (Å²) in [5.74, 6) is -0.406. The molecule has 1 unspecified atom stereocenters. The zero-order valence-electron chi connectivity index (χ0n) is 7.78. The smallest absolute Gasteiger partial charge is 0.334 e. The van der Waals surface area contributed by atoms with E-state index in [-0.39, 0.29) is 18.7 Å². The van der Waals surface area contributed by atoms with E-state index in [0.717, 1.165) is 0 Å². The van der Waals surface area contributed by atoms with Gasteiger partial charge in [0.2, 0.25) is 5.91 Å². The monoisotopic (exact) mass is 187 g/mol. The maximum atomic E-state index is 10.9. The number of amides is 1. The van der Waals surface area contributed by atoms with Gasteiger partial charge in [0.15, 0.2) is 6.23 Å². The van der Waals surface area contributed by atoms with Gasteiger partial charge in [-0.15, -0.1) is 0 Å². The van der Waals surface area contributed by atoms with Crippen molar-refractivity contribution < 1.29 is 19.1 Å². The summed E-state index contributed by atoms with van der Waals surface area (Å²) in [7, 11) is 1.42. The summed E-state index contributed by atoms with van der Waals surface area (Å²) in [6, 6.07) is 0. The van der Waals surface area contributed by atoms with Gasteiger partial charge >= 0.3 is 5.97 Å². The number of β-lactam (4-membered cyclic amide) rings is 1. The van der Waals surface area contributed by atoms with Gasteiger partial charge in [-0.1, -0.05) is 0 Å². The first-order valence-corrected chi connectivity index (χ1v) is 4.17. The molecule has 0 radical (unpaired) electrons. The molecule has 1 saturated heterocycles. The number of methoxy groups -OCH3 is 1. The molecule has 1 fully saturated rings. The summed E-state index contributed by atoms with van der Waals surface area (Å²) < 4.78 is 9.53. The van der Waals surface area contributed by atoms with E-state index in [9.17, 15) is 9.59 Å². The van der Waals surface area contributed by atoms with Gasteiger partial charge < -0.3 is 14.4 Å². The summed E-state index contributed by atoms with van der Waals surface area (Å²) in [5, 5.41) is 0. The van der Waals surface area contributed by atoms with Crippen LogP contribution in [0.5, 0.6) is 0 Å². The van der Waals surface area contributed by atoms with Crippen LogP contribution in [0.2, 0.25) is 0 Å². The van der Waals surface area contributed by atoms with Crippen molar-refractivity contribution in [3.63, 3.8) is 0 Å². The lowest BCUT2D eigenvalue weighted by atomic mass is 10.1. The number of nitrogens with zero attached hydrogens (tertiary/aromatic N) is 1. The lowest BCUT2D eigenvalue weighted by molar-refractivity contribution is -0.185. The van der Waals surface area contributed by atoms with Crippen LogP contribution < -0.4 is 0 Å². The van der Waals surface area contributed by atoms with Gasteiger partial charge in [-0.3, -0.25) is 4.79 Å². The molecular formula is C8H13NO4. The van der Waals surface area contributed by atoms with Gasteiger partial charge in [0.05, 0.1) is 6.42 Å². The Balaban J connectivity index is 2.30. The molecule has 0 saturated carbocycles. The van der Waals surface area contributed by atoms with Crippen LogP contribution >= 0.6 is 0 Å². The van der Waals surface area contributed by atoms with E-state index in [1.807, 2.05) is 6.92 Å². The fourth-order valence-corrected chi connectivity index (χ4v) is 1.21. The Kier molecular flexibility index (Phi) is 3.25. The average Bonchev–Trinajstić information content (AvgIpc) is 2.04. The van der Waals surface area contributed by atoms with Crippen molar-refractivity contribution in [1.29, 1.82) is 0 Å². The van der Waals surface area contributed by atoms with Crippen LogP contribution in [-0.4, -0.2) is 43.3 Å². The molecule has 1 atom stereocenters. The molecule has 0 N–H and O–H groups in total. The van der Waals surface area contributed by atoms with Crippen LogP contribution in [0.25, 0.3) is 0 Å². The SMILES string of the molecule is CCN1C(=O)CC1OC(=O)COC. The predicted octanol–water partition coefficient (Wildman–Crippen LogP) is -0.246. The Morgan fingerprint density at radius 2 is 2.38 bits per heavy atom. The number of esters is 1. The normalized spacial score (nSPS) is 21.2. The summed E-state index contributed by atoms with van der Waals surface area (Å²) >= 11 is 0. The van der Waals surface area contributed by atoms with E-state index in [0.29, 0.717) is 13.0 Å². The van der Waals surface area contributed by atoms with Crippen LogP contribution in [0, 0.1) is 0 Å². The van der Waals surface area contributed by atoms with Gasteiger partial charge in [0, 0.05) is 13.7 Å². The number of carbonyl (C=O) groups is 2. The highest BCUT2D eigenvalue weighted by Gasteiger charge is 2.37. The zero-order chi connectivity index (χ0) is 9.84. The molecule has 0 aliphatic carbocycles. The molecule has 0 spiro atoms. The maximum Gasteiger partial charge on any atom is 0.334 e. The second kappa shape index (κ2) is 4.23. The zero-order valence-corrected chi connectivity index (χ0v) is 7.78. The molecule has 5 heteroatoms. The number of hydrogen-bond acceptors (Lipinski definition) is 4. The van der Waals surface area contributed by atoms with E-state index in [2.05, 4.69) is 4.74 Å². The molecule has 1 aliphatic heterocycles. The van der Waals surface area contributed by atoms with Crippen molar-refractivity contribution in [3.05, 3.63) is 0 Å². The lowest BCUT2D eigenvalue weighted by Gasteiger charge is -2.38. The van der Waals surface area contributed by atoms with Crippen molar-refractivity contribution >= 4 is 11.9 Å². The Bertz CT molecular complexity index is 216. The number of ether oxygens (including phenoxy) is 2. The van der Waals surface area contributed by atoms with Crippen molar-refractivity contribution in [2.45, 2.75) is 19.6 Å². The van der Waals surface area contributed by atoms with Crippen LogP contribution in [0.15, 0.2) is 0 Å². The molecule has 13 heavy (non-hydrogen) atoms. The largest absolute Gasteiger partial charge is 0.439 e. The average molecular weight is 187 g/mol. The highest BCUT2D eigenvalue weighted by Crippen LogP contribution is 2.19. The van der Waals surface area contributed by atoms with Crippen LogP contribution in [0.4, 0.5) is 0 Å². The first kappa shape index (κ1) is 9.98. The van der Waals surface area contributed by atoms with E-state index in [1.54, 1.807) is 0 Å². The van der Waals surface area contributed by atoms with Gasteiger partial charge in [0.25, 0.3) is 0 Å². The second-order valence-electron chi connectivity index (χ2n) is 2.76. The van der Waals surface area contributed by atoms with Gasteiger partial charge in [-0.25, -0.2) is 4.79 Å². The molecular weight excluding hydrogens is 174 g/mol. The number of hydrogen-bond donors (Lipinski definition) is 0. The Labute approximate surface area is 76.6 Å². The van der Waals surface area contributed by atoms with Crippen LogP contribution in [0.1, 0.15) is 13.3 Å². The molecule has 1 rings (SSSR count). The number of rotatable bonds is 4. The minimum absolute atomic E-state index is 0.0257. The van der Waals surface area contributed by atoms with Gasteiger partial charge in [-0.2, -0.15) is 0 Å². The van der Waals surface area contributed by atoms with Crippen LogP contribution in [-0.2, 0) is 19.1 Å². The van der Waals surface area contributed by atoms with E-state index >= 15 is 0 Å². The first-order chi connectivity index (χ1) is 6.19. The molecule has 0 bridgehead atoms. The van der Waals surface area contributed by atoms with E-state index < -0.39 is 5.97 Å².